The van der Waals surface area contributed by atoms with E-state index in [1.54, 1.807) is 13.1 Å². The number of aryl methyl sites for hydroxylation is 1. The second-order valence-corrected chi connectivity index (χ2v) is 3.68. The molecule has 0 bridgehead atoms. The number of halogens is 3. The van der Waals surface area contributed by atoms with E-state index >= 15 is 0 Å². The molecule has 0 unspecified atom stereocenters. The zero-order valence-corrected chi connectivity index (χ0v) is 9.49. The first-order valence-electron chi connectivity index (χ1n) is 5.16. The second-order valence-electron chi connectivity index (χ2n) is 3.68. The normalized spacial score (nSPS) is 11.6. The van der Waals surface area contributed by atoms with Gasteiger partial charge in [0.25, 0.3) is 0 Å². The largest absolute Gasteiger partial charge is 0.484 e. The van der Waals surface area contributed by atoms with E-state index in [4.69, 9.17) is 9.15 Å². The number of rotatable bonds is 3. The fourth-order valence-corrected chi connectivity index (χ4v) is 1.35. The topological polar surface area (TPSA) is 35.3 Å². The third kappa shape index (κ3) is 3.03. The summed E-state index contributed by atoms with van der Waals surface area (Å²) in [5, 5.41) is 0. The number of alkyl halides is 3. The minimum atomic E-state index is -4.34. The van der Waals surface area contributed by atoms with Gasteiger partial charge >= 0.3 is 6.18 Å². The van der Waals surface area contributed by atoms with Crippen LogP contribution in [0.5, 0.6) is 5.75 Å². The smallest absolute Gasteiger partial charge is 0.416 e. The van der Waals surface area contributed by atoms with Gasteiger partial charge in [-0.05, 0) is 31.2 Å². The molecule has 96 valence electrons. The van der Waals surface area contributed by atoms with E-state index < -0.39 is 11.7 Å². The summed E-state index contributed by atoms with van der Waals surface area (Å²) >= 11 is 0. The Labute approximate surface area is 101 Å². The Morgan fingerprint density at radius 3 is 2.39 bits per heavy atom. The predicted molar refractivity (Wildman–Crippen MR) is 57.0 cm³/mol. The van der Waals surface area contributed by atoms with Gasteiger partial charge in [0.2, 0.25) is 5.89 Å². The van der Waals surface area contributed by atoms with Crippen molar-refractivity contribution in [1.29, 1.82) is 0 Å². The maximum atomic E-state index is 12.3. The molecule has 0 saturated heterocycles. The number of hydrogen-bond acceptors (Lipinski definition) is 3. The lowest BCUT2D eigenvalue weighted by atomic mass is 10.2. The van der Waals surface area contributed by atoms with Crippen LogP contribution in [0.4, 0.5) is 13.2 Å². The van der Waals surface area contributed by atoms with Crippen LogP contribution in [0, 0.1) is 6.92 Å². The van der Waals surface area contributed by atoms with Gasteiger partial charge in [-0.1, -0.05) is 0 Å². The fourth-order valence-electron chi connectivity index (χ4n) is 1.35. The molecule has 0 spiro atoms. The summed E-state index contributed by atoms with van der Waals surface area (Å²) < 4.78 is 47.3. The van der Waals surface area contributed by atoms with Crippen LogP contribution >= 0.6 is 0 Å². The molecular weight excluding hydrogens is 247 g/mol. The summed E-state index contributed by atoms with van der Waals surface area (Å²) in [6.45, 7) is 1.83. The lowest BCUT2D eigenvalue weighted by Gasteiger charge is -2.08. The SMILES string of the molecule is Cc1cnc(COc2ccc(C(F)(F)F)cc2)o1. The van der Waals surface area contributed by atoms with E-state index in [0.29, 0.717) is 17.4 Å². The molecule has 3 nitrogen and oxygen atoms in total. The summed E-state index contributed by atoms with van der Waals surface area (Å²) in [6.07, 6.45) is -2.79. The van der Waals surface area contributed by atoms with E-state index in [0.717, 1.165) is 12.1 Å². The van der Waals surface area contributed by atoms with Gasteiger partial charge in [0, 0.05) is 0 Å². The summed E-state index contributed by atoms with van der Waals surface area (Å²) in [7, 11) is 0. The first-order valence-corrected chi connectivity index (χ1v) is 5.16. The first-order chi connectivity index (χ1) is 8.45. The van der Waals surface area contributed by atoms with Crippen LogP contribution in [0.25, 0.3) is 0 Å². The monoisotopic (exact) mass is 257 g/mol. The number of benzene rings is 1. The molecule has 0 radical (unpaired) electrons. The number of oxazole rings is 1. The molecule has 1 heterocycles. The van der Waals surface area contributed by atoms with Crippen molar-refractivity contribution < 1.29 is 22.3 Å². The molecule has 1 aromatic carbocycles. The van der Waals surface area contributed by atoms with Crippen LogP contribution in [0.15, 0.2) is 34.9 Å². The Morgan fingerprint density at radius 1 is 1.22 bits per heavy atom. The Balaban J connectivity index is 1.98. The lowest BCUT2D eigenvalue weighted by Crippen LogP contribution is -2.04. The summed E-state index contributed by atoms with van der Waals surface area (Å²) in [6, 6.07) is 4.46. The van der Waals surface area contributed by atoms with Crippen molar-refractivity contribution in [1.82, 2.24) is 4.98 Å². The van der Waals surface area contributed by atoms with Gasteiger partial charge < -0.3 is 9.15 Å². The van der Waals surface area contributed by atoms with Gasteiger partial charge in [-0.2, -0.15) is 13.2 Å². The number of nitrogens with zero attached hydrogens (tertiary/aromatic N) is 1. The van der Waals surface area contributed by atoms with Crippen molar-refractivity contribution in [2.45, 2.75) is 19.7 Å². The average Bonchev–Trinajstić information content (AvgIpc) is 2.72. The van der Waals surface area contributed by atoms with Crippen LogP contribution in [-0.2, 0) is 12.8 Å². The maximum Gasteiger partial charge on any atom is 0.416 e. The molecule has 0 amide bonds. The molecule has 0 saturated carbocycles. The Bertz CT molecular complexity index is 517. The fraction of sp³-hybridized carbons (Fsp3) is 0.250. The standard InChI is InChI=1S/C12H10F3NO2/c1-8-6-16-11(18-8)7-17-10-4-2-9(3-5-10)12(13,14)15/h2-6H,7H2,1H3. The minimum Gasteiger partial charge on any atom is -0.484 e. The highest BCUT2D eigenvalue weighted by Crippen LogP contribution is 2.30. The van der Waals surface area contributed by atoms with Gasteiger partial charge in [-0.3, -0.25) is 0 Å². The second kappa shape index (κ2) is 4.72. The first kappa shape index (κ1) is 12.5. The van der Waals surface area contributed by atoms with Crippen LogP contribution in [0.1, 0.15) is 17.2 Å². The Kier molecular flexibility index (Phi) is 3.27. The molecule has 6 heteroatoms. The molecule has 0 aliphatic heterocycles. The minimum absolute atomic E-state index is 0.0825. The van der Waals surface area contributed by atoms with Crippen molar-refractivity contribution in [3.05, 3.63) is 47.7 Å². The highest BCUT2D eigenvalue weighted by atomic mass is 19.4. The van der Waals surface area contributed by atoms with E-state index in [-0.39, 0.29) is 6.61 Å². The molecule has 0 fully saturated rings. The van der Waals surface area contributed by atoms with Crippen molar-refractivity contribution in [2.75, 3.05) is 0 Å². The van der Waals surface area contributed by atoms with Crippen LogP contribution < -0.4 is 4.74 Å². The van der Waals surface area contributed by atoms with Gasteiger partial charge in [-0.25, -0.2) is 4.98 Å². The molecule has 0 N–H and O–H groups in total. The van der Waals surface area contributed by atoms with Crippen LogP contribution in [0.3, 0.4) is 0 Å². The van der Waals surface area contributed by atoms with Crippen molar-refractivity contribution in [3.8, 4) is 5.75 Å². The molecule has 0 aliphatic carbocycles. The van der Waals surface area contributed by atoms with Gasteiger partial charge in [-0.15, -0.1) is 0 Å². The molecule has 18 heavy (non-hydrogen) atoms. The zero-order valence-electron chi connectivity index (χ0n) is 9.49. The molecule has 2 aromatic rings. The zero-order chi connectivity index (χ0) is 13.2. The predicted octanol–water partition coefficient (Wildman–Crippen LogP) is 3.58. The third-order valence-electron chi connectivity index (χ3n) is 2.21. The van der Waals surface area contributed by atoms with Crippen LogP contribution in [0.2, 0.25) is 0 Å². The molecule has 0 aliphatic rings. The van der Waals surface area contributed by atoms with Gasteiger partial charge in [0.05, 0.1) is 11.8 Å². The molecular formula is C12H10F3NO2. The number of aromatic nitrogens is 1. The lowest BCUT2D eigenvalue weighted by molar-refractivity contribution is -0.137. The number of hydrogen-bond donors (Lipinski definition) is 0. The quantitative estimate of drug-likeness (QED) is 0.843. The van der Waals surface area contributed by atoms with E-state index in [9.17, 15) is 13.2 Å². The Hall–Kier alpha value is -1.98. The van der Waals surface area contributed by atoms with E-state index in [2.05, 4.69) is 4.98 Å². The average molecular weight is 257 g/mol. The number of ether oxygens (including phenoxy) is 1. The van der Waals surface area contributed by atoms with Gasteiger partial charge in [0.15, 0.2) is 6.61 Å². The molecule has 2 rings (SSSR count). The summed E-state index contributed by atoms with van der Waals surface area (Å²) in [5.41, 5.74) is -0.707. The Morgan fingerprint density at radius 2 is 1.89 bits per heavy atom. The van der Waals surface area contributed by atoms with Crippen molar-refractivity contribution in [3.63, 3.8) is 0 Å². The molecule has 1 aromatic heterocycles. The third-order valence-corrected chi connectivity index (χ3v) is 2.21. The van der Waals surface area contributed by atoms with Crippen LogP contribution in [-0.4, -0.2) is 4.98 Å². The van der Waals surface area contributed by atoms with E-state index in [1.165, 1.54) is 12.1 Å². The summed E-state index contributed by atoms with van der Waals surface area (Å²) in [4.78, 5) is 3.92. The van der Waals surface area contributed by atoms with Crippen molar-refractivity contribution >= 4 is 0 Å². The maximum absolute atomic E-state index is 12.3. The summed E-state index contributed by atoms with van der Waals surface area (Å²) in [5.74, 6) is 1.37. The van der Waals surface area contributed by atoms with Gasteiger partial charge in [0.1, 0.15) is 11.5 Å². The van der Waals surface area contributed by atoms with E-state index in [1.807, 2.05) is 0 Å². The molecule has 0 atom stereocenters. The highest BCUT2D eigenvalue weighted by molar-refractivity contribution is 5.28. The van der Waals surface area contributed by atoms with Crippen molar-refractivity contribution in [2.24, 2.45) is 0 Å². The highest BCUT2D eigenvalue weighted by Gasteiger charge is 2.29.